The Labute approximate surface area is 152 Å². The maximum absolute atomic E-state index is 12.3. The van der Waals surface area contributed by atoms with Gasteiger partial charge in [0.1, 0.15) is 6.04 Å². The molecule has 0 aromatic heterocycles. The van der Waals surface area contributed by atoms with Crippen molar-refractivity contribution in [3.63, 3.8) is 0 Å². The highest BCUT2D eigenvalue weighted by Crippen LogP contribution is 2.17. The van der Waals surface area contributed by atoms with Crippen molar-refractivity contribution in [1.82, 2.24) is 10.6 Å². The summed E-state index contributed by atoms with van der Waals surface area (Å²) in [6.45, 7) is 6.63. The van der Waals surface area contributed by atoms with E-state index in [2.05, 4.69) is 31.4 Å². The van der Waals surface area contributed by atoms with Gasteiger partial charge in [-0.25, -0.2) is 0 Å². The van der Waals surface area contributed by atoms with Gasteiger partial charge in [-0.05, 0) is 36.5 Å². The molecule has 1 aromatic carbocycles. The Hall–Kier alpha value is -2.08. The molecule has 3 N–H and O–H groups in total. The van der Waals surface area contributed by atoms with Crippen LogP contribution in [0.5, 0.6) is 0 Å². The standard InChI is InChI=1S/C18H25ClN2O4/c1-18(2,3)9-10-20-17(25)14(7-8-15(22)23)21-16(24)12-5-4-6-13(19)11-12/h4-6,11,14H,7-10H2,1-3H3,(H,20,25)(H,21,24)(H,22,23). The van der Waals surface area contributed by atoms with E-state index in [1.807, 2.05) is 0 Å². The lowest BCUT2D eigenvalue weighted by atomic mass is 9.92. The van der Waals surface area contributed by atoms with Crippen LogP contribution in [0.4, 0.5) is 0 Å². The molecule has 1 unspecified atom stereocenters. The number of halogens is 1. The van der Waals surface area contributed by atoms with Gasteiger partial charge in [-0.15, -0.1) is 0 Å². The van der Waals surface area contributed by atoms with Gasteiger partial charge in [0.2, 0.25) is 5.91 Å². The molecule has 1 rings (SSSR count). The van der Waals surface area contributed by atoms with E-state index >= 15 is 0 Å². The van der Waals surface area contributed by atoms with Gasteiger partial charge in [0.05, 0.1) is 0 Å². The van der Waals surface area contributed by atoms with Crippen molar-refractivity contribution >= 4 is 29.4 Å². The Kier molecular flexibility index (Phi) is 7.90. The van der Waals surface area contributed by atoms with Crippen LogP contribution in [0.1, 0.15) is 50.4 Å². The molecule has 25 heavy (non-hydrogen) atoms. The lowest BCUT2D eigenvalue weighted by Gasteiger charge is -2.21. The largest absolute Gasteiger partial charge is 0.481 e. The van der Waals surface area contributed by atoms with Crippen molar-refractivity contribution in [3.8, 4) is 0 Å². The van der Waals surface area contributed by atoms with E-state index in [4.69, 9.17) is 16.7 Å². The number of rotatable bonds is 8. The number of carbonyl (C=O) groups is 3. The van der Waals surface area contributed by atoms with Crippen LogP contribution in [0.2, 0.25) is 5.02 Å². The molecule has 0 heterocycles. The van der Waals surface area contributed by atoms with E-state index in [9.17, 15) is 14.4 Å². The van der Waals surface area contributed by atoms with Crippen molar-refractivity contribution in [2.45, 2.75) is 46.1 Å². The first-order valence-electron chi connectivity index (χ1n) is 8.14. The quantitative estimate of drug-likeness (QED) is 0.657. The zero-order valence-electron chi connectivity index (χ0n) is 14.8. The summed E-state index contributed by atoms with van der Waals surface area (Å²) >= 11 is 5.86. The van der Waals surface area contributed by atoms with Crippen LogP contribution in [0.15, 0.2) is 24.3 Å². The van der Waals surface area contributed by atoms with Crippen molar-refractivity contribution in [2.75, 3.05) is 6.54 Å². The molecule has 1 aromatic rings. The van der Waals surface area contributed by atoms with Gasteiger partial charge in [0, 0.05) is 23.6 Å². The van der Waals surface area contributed by atoms with E-state index in [1.54, 1.807) is 18.2 Å². The second-order valence-electron chi connectivity index (χ2n) is 7.07. The fourth-order valence-corrected chi connectivity index (χ4v) is 2.28. The molecule has 0 aliphatic carbocycles. The molecule has 0 bridgehead atoms. The smallest absolute Gasteiger partial charge is 0.303 e. The summed E-state index contributed by atoms with van der Waals surface area (Å²) in [5, 5.41) is 14.6. The second-order valence-corrected chi connectivity index (χ2v) is 7.51. The Balaban J connectivity index is 2.72. The topological polar surface area (TPSA) is 95.5 Å². The number of nitrogens with one attached hydrogen (secondary N) is 2. The third-order valence-electron chi connectivity index (χ3n) is 3.53. The lowest BCUT2D eigenvalue weighted by molar-refractivity contribution is -0.137. The van der Waals surface area contributed by atoms with Crippen LogP contribution < -0.4 is 10.6 Å². The average Bonchev–Trinajstić information content (AvgIpc) is 2.49. The van der Waals surface area contributed by atoms with Crippen LogP contribution >= 0.6 is 11.6 Å². The molecule has 0 saturated carbocycles. The maximum atomic E-state index is 12.3. The summed E-state index contributed by atoms with van der Waals surface area (Å²) in [5.41, 5.74) is 0.378. The Morgan fingerprint density at radius 1 is 1.24 bits per heavy atom. The molecule has 1 atom stereocenters. The Bertz CT molecular complexity index is 626. The summed E-state index contributed by atoms with van der Waals surface area (Å²) < 4.78 is 0. The fraction of sp³-hybridized carbons (Fsp3) is 0.500. The molecule has 0 radical (unpaired) electrons. The zero-order chi connectivity index (χ0) is 19.0. The normalized spacial score (nSPS) is 12.3. The minimum Gasteiger partial charge on any atom is -0.481 e. The predicted octanol–water partition coefficient (Wildman–Crippen LogP) is 2.86. The highest BCUT2D eigenvalue weighted by molar-refractivity contribution is 6.31. The van der Waals surface area contributed by atoms with Crippen molar-refractivity contribution in [2.24, 2.45) is 5.41 Å². The number of carboxylic acid groups (broad SMARTS) is 1. The SMILES string of the molecule is CC(C)(C)CCNC(=O)C(CCC(=O)O)NC(=O)c1cccc(Cl)c1. The van der Waals surface area contributed by atoms with Gasteiger partial charge in [0.25, 0.3) is 5.91 Å². The van der Waals surface area contributed by atoms with Gasteiger partial charge in [0.15, 0.2) is 0 Å². The van der Waals surface area contributed by atoms with Crippen LogP contribution in [-0.2, 0) is 9.59 Å². The highest BCUT2D eigenvalue weighted by atomic mass is 35.5. The number of hydrogen-bond acceptors (Lipinski definition) is 3. The first-order valence-corrected chi connectivity index (χ1v) is 8.52. The molecular weight excluding hydrogens is 344 g/mol. The Morgan fingerprint density at radius 2 is 1.92 bits per heavy atom. The molecule has 0 aliphatic rings. The van der Waals surface area contributed by atoms with Crippen molar-refractivity contribution in [3.05, 3.63) is 34.9 Å². The molecule has 0 fully saturated rings. The maximum Gasteiger partial charge on any atom is 0.303 e. The number of amides is 2. The van der Waals surface area contributed by atoms with Crippen LogP contribution in [0, 0.1) is 5.41 Å². The molecule has 0 saturated heterocycles. The van der Waals surface area contributed by atoms with Gasteiger partial charge in [-0.1, -0.05) is 38.4 Å². The molecule has 138 valence electrons. The second kappa shape index (κ2) is 9.42. The van der Waals surface area contributed by atoms with E-state index in [0.717, 1.165) is 6.42 Å². The van der Waals surface area contributed by atoms with Gasteiger partial charge in [-0.2, -0.15) is 0 Å². The molecule has 0 spiro atoms. The molecular formula is C18H25ClN2O4. The first-order chi connectivity index (χ1) is 11.6. The van der Waals surface area contributed by atoms with Crippen molar-refractivity contribution < 1.29 is 19.5 Å². The van der Waals surface area contributed by atoms with Crippen LogP contribution in [0.3, 0.4) is 0 Å². The number of carboxylic acids is 1. The minimum absolute atomic E-state index is 0.0169. The van der Waals surface area contributed by atoms with Gasteiger partial charge in [-0.3, -0.25) is 14.4 Å². The van der Waals surface area contributed by atoms with Crippen LogP contribution in [-0.4, -0.2) is 35.5 Å². The van der Waals surface area contributed by atoms with E-state index in [1.165, 1.54) is 6.07 Å². The monoisotopic (exact) mass is 368 g/mol. The van der Waals surface area contributed by atoms with E-state index < -0.39 is 17.9 Å². The minimum atomic E-state index is -1.02. The number of aliphatic carboxylic acids is 1. The number of benzene rings is 1. The summed E-state index contributed by atoms with van der Waals surface area (Å²) in [5.74, 6) is -1.88. The molecule has 0 aliphatic heterocycles. The van der Waals surface area contributed by atoms with Crippen LogP contribution in [0.25, 0.3) is 0 Å². The summed E-state index contributed by atoms with van der Waals surface area (Å²) in [6.07, 6.45) is 0.572. The lowest BCUT2D eigenvalue weighted by Crippen LogP contribution is -2.47. The fourth-order valence-electron chi connectivity index (χ4n) is 2.09. The summed E-state index contributed by atoms with van der Waals surface area (Å²) in [4.78, 5) is 35.4. The number of carbonyl (C=O) groups excluding carboxylic acids is 2. The third-order valence-corrected chi connectivity index (χ3v) is 3.76. The third kappa shape index (κ3) is 8.54. The zero-order valence-corrected chi connectivity index (χ0v) is 15.5. The summed E-state index contributed by atoms with van der Waals surface area (Å²) in [6, 6.07) is 5.42. The molecule has 7 heteroatoms. The highest BCUT2D eigenvalue weighted by Gasteiger charge is 2.22. The van der Waals surface area contributed by atoms with Gasteiger partial charge < -0.3 is 15.7 Å². The Morgan fingerprint density at radius 3 is 2.48 bits per heavy atom. The van der Waals surface area contributed by atoms with E-state index in [-0.39, 0.29) is 24.2 Å². The molecule has 6 nitrogen and oxygen atoms in total. The molecule has 2 amide bonds. The van der Waals surface area contributed by atoms with E-state index in [0.29, 0.717) is 17.1 Å². The average molecular weight is 369 g/mol. The summed E-state index contributed by atoms with van der Waals surface area (Å²) in [7, 11) is 0. The first kappa shape index (κ1) is 21.0. The predicted molar refractivity (Wildman–Crippen MR) is 96.7 cm³/mol. The number of hydrogen-bond donors (Lipinski definition) is 3. The van der Waals surface area contributed by atoms with Gasteiger partial charge >= 0.3 is 5.97 Å². The van der Waals surface area contributed by atoms with Crippen molar-refractivity contribution in [1.29, 1.82) is 0 Å².